The van der Waals surface area contributed by atoms with Crippen LogP contribution in [0.15, 0.2) is 57.1 Å². The summed E-state index contributed by atoms with van der Waals surface area (Å²) < 4.78 is 22.9. The first kappa shape index (κ1) is 25.5. The third-order valence-corrected chi connectivity index (χ3v) is 7.80. The van der Waals surface area contributed by atoms with Crippen molar-refractivity contribution in [2.24, 2.45) is 16.8 Å². The summed E-state index contributed by atoms with van der Waals surface area (Å²) in [6, 6.07) is 11.5. The van der Waals surface area contributed by atoms with E-state index in [-0.39, 0.29) is 30.4 Å². The molecule has 3 aliphatic rings. The van der Waals surface area contributed by atoms with E-state index in [9.17, 15) is 9.59 Å². The molecule has 0 aromatic heterocycles. The van der Waals surface area contributed by atoms with Crippen LogP contribution in [0.4, 0.5) is 0 Å². The number of esters is 1. The summed E-state index contributed by atoms with van der Waals surface area (Å²) in [5, 5.41) is 0. The number of benzene rings is 2. The number of allylic oxidation sites excluding steroid dienone is 2. The van der Waals surface area contributed by atoms with Crippen molar-refractivity contribution in [3.05, 3.63) is 63.3 Å². The van der Waals surface area contributed by atoms with Gasteiger partial charge >= 0.3 is 5.97 Å². The van der Waals surface area contributed by atoms with Crippen molar-refractivity contribution in [2.75, 3.05) is 20.5 Å². The van der Waals surface area contributed by atoms with Crippen molar-refractivity contribution < 1.29 is 28.5 Å². The lowest BCUT2D eigenvalue weighted by Crippen LogP contribution is -2.38. The molecule has 2 aliphatic heterocycles. The van der Waals surface area contributed by atoms with E-state index in [2.05, 4.69) is 15.9 Å². The molecule has 0 fully saturated rings. The average molecular weight is 568 g/mol. The first-order chi connectivity index (χ1) is 17.8. The number of nitrogens with zero attached hydrogens (tertiary/aromatic N) is 1. The third kappa shape index (κ3) is 4.91. The Bertz CT molecular complexity index is 1300. The average Bonchev–Trinajstić information content (AvgIpc) is 3.33. The predicted octanol–water partition coefficient (Wildman–Crippen LogP) is 5.96. The van der Waals surface area contributed by atoms with E-state index < -0.39 is 11.8 Å². The lowest BCUT2D eigenvalue weighted by molar-refractivity contribution is -0.147. The molecule has 0 bridgehead atoms. The smallest absolute Gasteiger partial charge is 0.315 e. The molecule has 194 valence electrons. The van der Waals surface area contributed by atoms with Crippen molar-refractivity contribution in [3.63, 3.8) is 0 Å². The summed E-state index contributed by atoms with van der Waals surface area (Å²) in [6.07, 6.45) is 0.948. The second-order valence-electron chi connectivity index (χ2n) is 10.1. The monoisotopic (exact) mass is 567 g/mol. The van der Waals surface area contributed by atoms with E-state index >= 15 is 0 Å². The van der Waals surface area contributed by atoms with Crippen LogP contribution in [-0.4, -0.2) is 38.0 Å². The molecule has 5 rings (SSSR count). The molecule has 0 amide bonds. The molecule has 1 unspecified atom stereocenters. The highest BCUT2D eigenvalue weighted by Crippen LogP contribution is 2.50. The summed E-state index contributed by atoms with van der Waals surface area (Å²) in [7, 11) is 1.63. The maximum Gasteiger partial charge on any atom is 0.315 e. The largest absolute Gasteiger partial charge is 0.497 e. The number of hydrogen-bond donors (Lipinski definition) is 0. The highest BCUT2D eigenvalue weighted by Gasteiger charge is 2.46. The Morgan fingerprint density at radius 3 is 2.51 bits per heavy atom. The molecule has 2 heterocycles. The molecular weight excluding hydrogens is 538 g/mol. The van der Waals surface area contributed by atoms with Gasteiger partial charge in [0.05, 0.1) is 13.7 Å². The Kier molecular flexibility index (Phi) is 7.12. The van der Waals surface area contributed by atoms with Gasteiger partial charge in [-0.05, 0) is 60.6 Å². The molecule has 7 nitrogen and oxygen atoms in total. The minimum absolute atomic E-state index is 0.000932. The van der Waals surface area contributed by atoms with Crippen LogP contribution in [0.25, 0.3) is 0 Å². The molecule has 2 aromatic carbocycles. The number of carbonyl (C=O) groups excluding carboxylic acids is 2. The third-order valence-electron chi connectivity index (χ3n) is 7.12. The zero-order valence-electron chi connectivity index (χ0n) is 21.4. The summed E-state index contributed by atoms with van der Waals surface area (Å²) in [5.41, 5.74) is 3.81. The van der Waals surface area contributed by atoms with Gasteiger partial charge in [0.25, 0.3) is 0 Å². The van der Waals surface area contributed by atoms with Gasteiger partial charge in [0.1, 0.15) is 11.7 Å². The number of methoxy groups -OCH3 is 1. The van der Waals surface area contributed by atoms with Crippen LogP contribution in [0.2, 0.25) is 0 Å². The van der Waals surface area contributed by atoms with Crippen molar-refractivity contribution >= 4 is 33.4 Å². The number of fused-ring (bicyclic) bond motifs is 1. The van der Waals surface area contributed by atoms with E-state index in [0.29, 0.717) is 42.2 Å². The summed E-state index contributed by atoms with van der Waals surface area (Å²) in [5.74, 6) is 0.545. The van der Waals surface area contributed by atoms with Gasteiger partial charge in [0.2, 0.25) is 6.79 Å². The zero-order chi connectivity index (χ0) is 26.3. The molecule has 0 N–H and O–H groups in total. The lowest BCUT2D eigenvalue weighted by Gasteiger charge is -2.37. The molecule has 8 heteroatoms. The molecule has 0 saturated heterocycles. The second-order valence-corrected chi connectivity index (χ2v) is 11.0. The summed E-state index contributed by atoms with van der Waals surface area (Å²) in [6.45, 7) is 6.27. The van der Waals surface area contributed by atoms with Gasteiger partial charge in [-0.1, -0.05) is 41.9 Å². The van der Waals surface area contributed by atoms with Crippen LogP contribution in [0.1, 0.15) is 56.6 Å². The molecule has 2 aromatic rings. The van der Waals surface area contributed by atoms with Gasteiger partial charge in [-0.15, -0.1) is 0 Å². The predicted molar refractivity (Wildman–Crippen MR) is 142 cm³/mol. The molecule has 0 radical (unpaired) electrons. The summed E-state index contributed by atoms with van der Waals surface area (Å²) >= 11 is 3.67. The second kappa shape index (κ2) is 10.3. The normalized spacial score (nSPS) is 22.6. The number of hydrogen-bond acceptors (Lipinski definition) is 7. The maximum atomic E-state index is 13.8. The van der Waals surface area contributed by atoms with Crippen LogP contribution in [-0.2, 0) is 14.3 Å². The van der Waals surface area contributed by atoms with Gasteiger partial charge < -0.3 is 18.9 Å². The van der Waals surface area contributed by atoms with Crippen LogP contribution in [0, 0.1) is 11.8 Å². The Hall–Kier alpha value is -3.13. The van der Waals surface area contributed by atoms with Crippen molar-refractivity contribution in [2.45, 2.75) is 45.4 Å². The van der Waals surface area contributed by atoms with Crippen LogP contribution < -0.4 is 14.2 Å². The molecule has 0 spiro atoms. The van der Waals surface area contributed by atoms with Crippen LogP contribution in [0.5, 0.6) is 17.2 Å². The van der Waals surface area contributed by atoms with E-state index in [1.54, 1.807) is 7.11 Å². The van der Waals surface area contributed by atoms with Gasteiger partial charge in [-0.25, -0.2) is 0 Å². The molecular formula is C29H30BrNO6. The zero-order valence-corrected chi connectivity index (χ0v) is 23.0. The fourth-order valence-corrected chi connectivity index (χ4v) is 5.89. The number of rotatable bonds is 6. The van der Waals surface area contributed by atoms with Gasteiger partial charge in [0, 0.05) is 33.8 Å². The number of ether oxygens (including phenoxy) is 4. The Balaban J connectivity index is 1.58. The number of carbonyl (C=O) groups is 2. The fourth-order valence-electron chi connectivity index (χ4n) is 5.32. The minimum Gasteiger partial charge on any atom is -0.497 e. The fraction of sp³-hybridized carbons (Fsp3) is 0.414. The quantitative estimate of drug-likeness (QED) is 0.400. The Morgan fingerprint density at radius 1 is 1.14 bits per heavy atom. The number of Topliss-reactive ketones (excluding diaryl/α,β-unsaturated/α-hetero) is 1. The Labute approximate surface area is 225 Å². The minimum atomic E-state index is -0.712. The standard InChI is InChI=1S/C29H30BrNO6/c1-15(2)13-35-29(33)26-16(3)31-22-9-18(17-5-7-19(34-4)8-6-17)10-23(32)28(22)27(26)20-11-24-25(12-21(20)30)37-14-36-24/h5-8,11-12,15,18,26-27H,9-10,13-14H2,1-4H3/t18-,26?,27-/m0/s1. The summed E-state index contributed by atoms with van der Waals surface area (Å²) in [4.78, 5) is 32.1. The lowest BCUT2D eigenvalue weighted by atomic mass is 9.69. The number of aliphatic imine (C=N–C) groups is 1. The van der Waals surface area contributed by atoms with E-state index in [0.717, 1.165) is 27.0 Å². The topological polar surface area (TPSA) is 83.4 Å². The Morgan fingerprint density at radius 2 is 1.84 bits per heavy atom. The molecule has 0 saturated carbocycles. The number of ketones is 1. The van der Waals surface area contributed by atoms with Crippen LogP contribution >= 0.6 is 15.9 Å². The molecule has 3 atom stereocenters. The van der Waals surface area contributed by atoms with E-state index in [1.165, 1.54) is 0 Å². The van der Waals surface area contributed by atoms with Gasteiger partial charge in [-0.2, -0.15) is 0 Å². The highest BCUT2D eigenvalue weighted by molar-refractivity contribution is 9.10. The molecule has 37 heavy (non-hydrogen) atoms. The molecule has 1 aliphatic carbocycles. The van der Waals surface area contributed by atoms with E-state index in [1.807, 2.05) is 57.2 Å². The first-order valence-electron chi connectivity index (χ1n) is 12.5. The maximum absolute atomic E-state index is 13.8. The van der Waals surface area contributed by atoms with Crippen molar-refractivity contribution in [3.8, 4) is 17.2 Å². The number of halogens is 1. The van der Waals surface area contributed by atoms with Gasteiger partial charge in [0.15, 0.2) is 17.3 Å². The first-order valence-corrected chi connectivity index (χ1v) is 13.3. The van der Waals surface area contributed by atoms with Gasteiger partial charge in [-0.3, -0.25) is 14.6 Å². The highest BCUT2D eigenvalue weighted by atomic mass is 79.9. The van der Waals surface area contributed by atoms with Crippen molar-refractivity contribution in [1.82, 2.24) is 0 Å². The SMILES string of the molecule is COc1ccc([C@@H]2CC(=O)C3=C(C2)N=C(C)C(C(=O)OCC(C)C)[C@@H]3c2cc3c(cc2Br)OCO3)cc1. The van der Waals surface area contributed by atoms with Crippen molar-refractivity contribution in [1.29, 1.82) is 0 Å². The van der Waals surface area contributed by atoms with E-state index in [4.69, 9.17) is 23.9 Å². The van der Waals surface area contributed by atoms with Crippen LogP contribution in [0.3, 0.4) is 0 Å².